The van der Waals surface area contributed by atoms with Gasteiger partial charge >= 0.3 is 6.03 Å². The van der Waals surface area contributed by atoms with E-state index in [4.69, 9.17) is 25.8 Å². The van der Waals surface area contributed by atoms with Gasteiger partial charge in [-0.15, -0.1) is 4.36 Å². The van der Waals surface area contributed by atoms with Gasteiger partial charge in [0.2, 0.25) is 0 Å². The van der Waals surface area contributed by atoms with Gasteiger partial charge in [-0.3, -0.25) is 9.52 Å². The van der Waals surface area contributed by atoms with Crippen LogP contribution in [0, 0.1) is 23.7 Å². The molecule has 12 heteroatoms. The number of amides is 3. The maximum Gasteiger partial charge on any atom is 0.327 e. The van der Waals surface area contributed by atoms with Crippen LogP contribution in [0.5, 0.6) is 5.75 Å². The van der Waals surface area contributed by atoms with Crippen LogP contribution < -0.4 is 19.7 Å². The summed E-state index contributed by atoms with van der Waals surface area (Å²) in [4.78, 5) is 29.5. The molecule has 0 saturated heterocycles. The second kappa shape index (κ2) is 16.5. The first-order valence-electron chi connectivity index (χ1n) is 18.0. The van der Waals surface area contributed by atoms with E-state index in [1.165, 1.54) is 11.1 Å². The average molecular weight is 727 g/mol. The number of urea groups is 1. The van der Waals surface area contributed by atoms with E-state index in [-0.39, 0.29) is 35.3 Å². The molecule has 6 rings (SSSR count). The van der Waals surface area contributed by atoms with Crippen molar-refractivity contribution in [3.63, 3.8) is 0 Å². The van der Waals surface area contributed by atoms with Crippen LogP contribution >= 0.6 is 11.6 Å². The van der Waals surface area contributed by atoms with E-state index in [0.29, 0.717) is 48.8 Å². The van der Waals surface area contributed by atoms with Crippen LogP contribution in [0.1, 0.15) is 73.4 Å². The molecule has 2 bridgehead atoms. The molecule has 2 N–H and O–H groups in total. The summed E-state index contributed by atoms with van der Waals surface area (Å²) in [6, 6.07) is 10.8. The summed E-state index contributed by atoms with van der Waals surface area (Å²) >= 11 is 6.46. The molecule has 0 spiro atoms. The lowest BCUT2D eigenvalue weighted by Gasteiger charge is -2.43. The Labute approximate surface area is 302 Å². The van der Waals surface area contributed by atoms with E-state index in [1.54, 1.807) is 20.3 Å². The predicted molar refractivity (Wildman–Crippen MR) is 197 cm³/mol. The van der Waals surface area contributed by atoms with Crippen LogP contribution in [0.3, 0.4) is 0 Å². The zero-order valence-corrected chi connectivity index (χ0v) is 31.0. The lowest BCUT2D eigenvalue weighted by Crippen LogP contribution is -2.53. The number of allylic oxidation sites excluding steroid dienone is 1. The van der Waals surface area contributed by atoms with E-state index < -0.39 is 21.9 Å². The van der Waals surface area contributed by atoms with E-state index in [0.717, 1.165) is 57.2 Å². The molecule has 10 nitrogen and oxygen atoms in total. The number of carbonyl (C=O) groups is 2. The van der Waals surface area contributed by atoms with E-state index in [1.807, 2.05) is 25.1 Å². The zero-order valence-electron chi connectivity index (χ0n) is 29.4. The lowest BCUT2D eigenvalue weighted by molar-refractivity contribution is 0.0133. The third-order valence-corrected chi connectivity index (χ3v) is 13.0. The molecule has 272 valence electrons. The fourth-order valence-electron chi connectivity index (χ4n) is 7.69. The number of methoxy groups -OCH3 is 2. The first kappa shape index (κ1) is 36.7. The van der Waals surface area contributed by atoms with Crippen molar-refractivity contribution in [1.82, 2.24) is 10.0 Å². The Bertz CT molecular complexity index is 1690. The monoisotopic (exact) mass is 726 g/mol. The molecule has 4 aliphatic rings. The summed E-state index contributed by atoms with van der Waals surface area (Å²) in [6.45, 7) is 4.38. The highest BCUT2D eigenvalue weighted by Crippen LogP contribution is 2.42. The maximum absolute atomic E-state index is 14.5. The van der Waals surface area contributed by atoms with E-state index in [2.05, 4.69) is 43.6 Å². The van der Waals surface area contributed by atoms with Crippen molar-refractivity contribution in [3.05, 3.63) is 70.3 Å². The lowest BCUT2D eigenvalue weighted by atomic mass is 9.70. The van der Waals surface area contributed by atoms with Gasteiger partial charge in [0, 0.05) is 49.9 Å². The molecule has 2 heterocycles. The van der Waals surface area contributed by atoms with Crippen molar-refractivity contribution < 1.29 is 28.0 Å². The molecule has 0 radical (unpaired) electrons. The van der Waals surface area contributed by atoms with Gasteiger partial charge in [0.25, 0.3) is 5.91 Å². The quantitative estimate of drug-likeness (QED) is 0.321. The van der Waals surface area contributed by atoms with Crippen LogP contribution in [-0.2, 0) is 32.4 Å². The fraction of sp³-hybridized carbons (Fsp3) is 0.579. The molecular weight excluding hydrogens is 676 g/mol. The third kappa shape index (κ3) is 8.84. The first-order valence-corrected chi connectivity index (χ1v) is 20.1. The topological polar surface area (TPSA) is 119 Å². The molecule has 2 aliphatic heterocycles. The Morgan fingerprint density at radius 1 is 1.10 bits per heavy atom. The molecule has 3 amide bonds. The highest BCUT2D eigenvalue weighted by Gasteiger charge is 2.38. The van der Waals surface area contributed by atoms with Gasteiger partial charge in [0.05, 0.1) is 30.8 Å². The number of benzene rings is 2. The van der Waals surface area contributed by atoms with Crippen molar-refractivity contribution in [3.8, 4) is 5.75 Å². The van der Waals surface area contributed by atoms with Crippen LogP contribution in [0.4, 0.5) is 10.5 Å². The van der Waals surface area contributed by atoms with Crippen molar-refractivity contribution in [1.29, 1.82) is 0 Å². The predicted octanol–water partition coefficient (Wildman–Crippen LogP) is 6.95. The van der Waals surface area contributed by atoms with Crippen LogP contribution in [-0.4, -0.2) is 68.0 Å². The number of carbonyl (C=O) groups excluding carboxylic acids is 2. The number of hydrogen-bond donors (Lipinski definition) is 2. The summed E-state index contributed by atoms with van der Waals surface area (Å²) in [5.74, 6) is 0.832. The maximum atomic E-state index is 14.5. The number of ether oxygens (including phenoxy) is 3. The minimum atomic E-state index is -3.50. The number of nitrogens with zero attached hydrogens (tertiary/aromatic N) is 2. The van der Waals surface area contributed by atoms with Crippen LogP contribution in [0.25, 0.3) is 0 Å². The fourth-order valence-corrected chi connectivity index (χ4v) is 9.72. The molecule has 0 aromatic heterocycles. The standard InChI is InChI=1S/C38H51ClN4O6S/c1-25-7-6-9-35(48-3)32-15-11-29(32)22-43-21-28-10-14-31(39)19-26(28)8-4-5-18-49-36-17-13-27(20-34(36)43)37(44)41-50(46,24-25)42-38(45)40-33-16-12-30(33)23-47-2/h6,9-10,13-14,17,19-20,25,29-30,32-33,35H,4-5,7-8,11-12,15-16,18,21-24H2,1-3H3,(H2,40,41,42,44,45,46)/b9-6+/t25-,29-,30-,32+,33+,35-,50?/m0/s1. The average Bonchev–Trinajstić information content (AvgIpc) is 3.09. The second-order valence-electron chi connectivity index (χ2n) is 14.4. The van der Waals surface area contributed by atoms with Gasteiger partial charge < -0.3 is 24.4 Å². The van der Waals surface area contributed by atoms with Gasteiger partial charge in [-0.1, -0.05) is 36.7 Å². The number of halogens is 1. The zero-order chi connectivity index (χ0) is 35.3. The number of rotatable bonds is 5. The molecule has 2 saturated carbocycles. The summed E-state index contributed by atoms with van der Waals surface area (Å²) in [7, 11) is -0.102. The number of aryl methyl sites for hydroxylation is 1. The summed E-state index contributed by atoms with van der Waals surface area (Å²) in [6.07, 6.45) is 11.4. The normalized spacial score (nSPS) is 30.8. The molecule has 7 atom stereocenters. The molecule has 1 unspecified atom stereocenters. The largest absolute Gasteiger partial charge is 0.491 e. The number of nitrogens with one attached hydrogen (secondary N) is 2. The third-order valence-electron chi connectivity index (χ3n) is 10.8. The molecule has 2 fully saturated rings. The Hall–Kier alpha value is -3.12. The van der Waals surface area contributed by atoms with Crippen molar-refractivity contribution in [2.75, 3.05) is 44.6 Å². The van der Waals surface area contributed by atoms with Crippen LogP contribution in [0.2, 0.25) is 5.02 Å². The smallest absolute Gasteiger partial charge is 0.327 e. The Morgan fingerprint density at radius 2 is 1.96 bits per heavy atom. The summed E-state index contributed by atoms with van der Waals surface area (Å²) < 4.78 is 39.1. The summed E-state index contributed by atoms with van der Waals surface area (Å²) in [5, 5.41) is 3.65. The summed E-state index contributed by atoms with van der Waals surface area (Å²) in [5.41, 5.74) is 3.48. The number of anilines is 1. The minimum absolute atomic E-state index is 0.0197. The second-order valence-corrected chi connectivity index (χ2v) is 16.9. The Kier molecular flexibility index (Phi) is 12.1. The van der Waals surface area contributed by atoms with Crippen molar-refractivity contribution in [2.24, 2.45) is 28.0 Å². The van der Waals surface area contributed by atoms with Gasteiger partial charge in [0.15, 0.2) is 0 Å². The van der Waals surface area contributed by atoms with E-state index >= 15 is 0 Å². The SMILES string of the molecule is COC[C@@H]1CC[C@H]1NC(=O)NS1(=O)=NC(=O)c2ccc3c(c2)N(Cc2ccc(Cl)cc2CCCCO3)C[C@@H]2CC[C@H]2[C@@H](OC)/C=C/C[C@H](C)C1. The molecular formula is C38H51ClN4O6S. The Morgan fingerprint density at radius 3 is 2.70 bits per heavy atom. The highest BCUT2D eigenvalue weighted by molar-refractivity contribution is 7.92. The van der Waals surface area contributed by atoms with Gasteiger partial charge in [-0.05, 0) is 111 Å². The number of hydrogen-bond acceptors (Lipinski definition) is 7. The van der Waals surface area contributed by atoms with Gasteiger partial charge in [0.1, 0.15) is 15.7 Å². The van der Waals surface area contributed by atoms with Gasteiger partial charge in [-0.25, -0.2) is 9.00 Å². The first-order chi connectivity index (χ1) is 24.1. The van der Waals surface area contributed by atoms with Crippen molar-refractivity contribution in [2.45, 2.75) is 77.0 Å². The molecule has 50 heavy (non-hydrogen) atoms. The molecule has 2 aliphatic carbocycles. The Balaban J connectivity index is 1.39. The number of fused-ring (bicyclic) bond motifs is 3. The highest BCUT2D eigenvalue weighted by atomic mass is 35.5. The van der Waals surface area contributed by atoms with Crippen LogP contribution in [0.15, 0.2) is 52.9 Å². The molecule has 2 aromatic rings. The van der Waals surface area contributed by atoms with Gasteiger partial charge in [-0.2, -0.15) is 0 Å². The minimum Gasteiger partial charge on any atom is -0.491 e. The van der Waals surface area contributed by atoms with E-state index in [9.17, 15) is 13.8 Å². The van der Waals surface area contributed by atoms with Crippen molar-refractivity contribution >= 4 is 39.1 Å². The molecule has 2 aromatic carbocycles.